The lowest BCUT2D eigenvalue weighted by Gasteiger charge is -2.16. The Morgan fingerprint density at radius 3 is 2.85 bits per heavy atom. The normalized spacial score (nSPS) is 14.5. The highest BCUT2D eigenvalue weighted by Crippen LogP contribution is 2.32. The van der Waals surface area contributed by atoms with Crippen molar-refractivity contribution in [3.05, 3.63) is 70.8 Å². The van der Waals surface area contributed by atoms with E-state index in [-0.39, 0.29) is 18.9 Å². The van der Waals surface area contributed by atoms with Gasteiger partial charge >= 0.3 is 0 Å². The molecule has 0 atom stereocenters. The number of rotatable bonds is 4. The number of nitriles is 1. The Labute approximate surface area is 156 Å². The minimum Gasteiger partial charge on any atom is -0.488 e. The summed E-state index contributed by atoms with van der Waals surface area (Å²) in [5.41, 5.74) is 2.58. The number of ether oxygens (including phenoxy) is 3. The summed E-state index contributed by atoms with van der Waals surface area (Å²) >= 11 is 0. The summed E-state index contributed by atoms with van der Waals surface area (Å²) in [5, 5.41) is 12.1. The summed E-state index contributed by atoms with van der Waals surface area (Å²) in [7, 11) is 0. The number of hydrogen-bond donors (Lipinski definition) is 1. The fraction of sp³-hybridized carbons (Fsp3) is 0.143. The van der Waals surface area contributed by atoms with Crippen molar-refractivity contribution in [3.8, 4) is 23.3 Å². The van der Waals surface area contributed by atoms with Crippen LogP contribution in [0.1, 0.15) is 11.1 Å². The van der Waals surface area contributed by atoms with Crippen LogP contribution in [0.3, 0.4) is 0 Å². The number of fused-ring (bicyclic) bond motifs is 2. The first kappa shape index (κ1) is 16.7. The molecule has 0 saturated carbocycles. The number of para-hydroxylation sites is 1. The Bertz CT molecular complexity index is 1000. The SMILES string of the molecule is N#C/C(=C\C1=Cc2ccccc2OC1)C(=O)NCc1ccc2c(c1)OCO2. The van der Waals surface area contributed by atoms with Crippen LogP contribution in [0.4, 0.5) is 0 Å². The van der Waals surface area contributed by atoms with E-state index in [1.165, 1.54) is 0 Å². The van der Waals surface area contributed by atoms with E-state index in [1.54, 1.807) is 12.1 Å². The number of benzene rings is 2. The highest BCUT2D eigenvalue weighted by molar-refractivity contribution is 5.98. The van der Waals surface area contributed by atoms with Gasteiger partial charge in [0, 0.05) is 12.1 Å². The molecule has 2 aliphatic heterocycles. The minimum atomic E-state index is -0.435. The van der Waals surface area contributed by atoms with Crippen LogP contribution in [0.5, 0.6) is 17.2 Å². The molecule has 0 aliphatic carbocycles. The van der Waals surface area contributed by atoms with E-state index in [2.05, 4.69) is 5.32 Å². The van der Waals surface area contributed by atoms with Crippen molar-refractivity contribution in [1.82, 2.24) is 5.32 Å². The van der Waals surface area contributed by atoms with E-state index in [0.717, 1.165) is 22.4 Å². The third-order valence-corrected chi connectivity index (χ3v) is 4.24. The van der Waals surface area contributed by atoms with Gasteiger partial charge in [0.25, 0.3) is 5.91 Å². The van der Waals surface area contributed by atoms with Gasteiger partial charge in [-0.3, -0.25) is 4.79 Å². The first-order chi connectivity index (χ1) is 13.2. The lowest BCUT2D eigenvalue weighted by molar-refractivity contribution is -0.117. The second-order valence-electron chi connectivity index (χ2n) is 6.09. The monoisotopic (exact) mass is 360 g/mol. The lowest BCUT2D eigenvalue weighted by atomic mass is 10.1. The van der Waals surface area contributed by atoms with Crippen LogP contribution in [0.2, 0.25) is 0 Å². The first-order valence-corrected chi connectivity index (χ1v) is 8.44. The molecular weight excluding hydrogens is 344 g/mol. The van der Waals surface area contributed by atoms with Gasteiger partial charge in [-0.2, -0.15) is 5.26 Å². The summed E-state index contributed by atoms with van der Waals surface area (Å²) < 4.78 is 16.2. The molecule has 0 spiro atoms. The number of carbonyl (C=O) groups excluding carboxylic acids is 1. The molecule has 0 unspecified atom stereocenters. The van der Waals surface area contributed by atoms with Crippen molar-refractivity contribution in [2.24, 2.45) is 0 Å². The summed E-state index contributed by atoms with van der Waals surface area (Å²) in [6, 6.07) is 15.0. The molecule has 0 saturated heterocycles. The molecule has 1 amide bonds. The van der Waals surface area contributed by atoms with Crippen molar-refractivity contribution in [1.29, 1.82) is 5.26 Å². The molecule has 0 aromatic heterocycles. The number of nitrogens with one attached hydrogen (secondary N) is 1. The molecule has 2 heterocycles. The maximum absolute atomic E-state index is 12.4. The Morgan fingerprint density at radius 1 is 1.11 bits per heavy atom. The minimum absolute atomic E-state index is 0.0324. The zero-order chi connectivity index (χ0) is 18.6. The van der Waals surface area contributed by atoms with E-state index in [4.69, 9.17) is 14.2 Å². The largest absolute Gasteiger partial charge is 0.488 e. The molecule has 2 aromatic rings. The third-order valence-electron chi connectivity index (χ3n) is 4.24. The number of carbonyl (C=O) groups is 1. The smallest absolute Gasteiger partial charge is 0.262 e. The third kappa shape index (κ3) is 3.62. The molecular formula is C21H16N2O4. The van der Waals surface area contributed by atoms with Crippen LogP contribution in [0.15, 0.2) is 59.7 Å². The summed E-state index contributed by atoms with van der Waals surface area (Å²) in [4.78, 5) is 12.4. The molecule has 0 radical (unpaired) electrons. The van der Waals surface area contributed by atoms with Gasteiger partial charge in [0.15, 0.2) is 11.5 Å². The van der Waals surface area contributed by atoms with Gasteiger partial charge in [0.05, 0.1) is 0 Å². The van der Waals surface area contributed by atoms with E-state index in [9.17, 15) is 10.1 Å². The molecule has 4 rings (SSSR count). The number of nitrogens with zero attached hydrogens (tertiary/aromatic N) is 1. The van der Waals surface area contributed by atoms with Crippen molar-refractivity contribution in [2.45, 2.75) is 6.54 Å². The Hall–Kier alpha value is -3.72. The standard InChI is InChI=1S/C21H16N2O4/c22-10-17(8-15-7-16-3-1-2-4-18(16)25-12-15)21(24)23-11-14-5-6-19-20(9-14)27-13-26-19/h1-9H,11-13H2,(H,23,24)/b17-8+. The average molecular weight is 360 g/mol. The molecule has 1 N–H and O–H groups in total. The van der Waals surface area contributed by atoms with E-state index < -0.39 is 5.91 Å². The zero-order valence-corrected chi connectivity index (χ0v) is 14.4. The molecule has 2 aliphatic rings. The van der Waals surface area contributed by atoms with Crippen LogP contribution >= 0.6 is 0 Å². The van der Waals surface area contributed by atoms with Crippen LogP contribution < -0.4 is 19.5 Å². The van der Waals surface area contributed by atoms with Gasteiger partial charge in [-0.1, -0.05) is 24.3 Å². The van der Waals surface area contributed by atoms with Crippen LogP contribution in [0.25, 0.3) is 6.08 Å². The quantitative estimate of drug-likeness (QED) is 0.670. The predicted octanol–water partition coefficient (Wildman–Crippen LogP) is 2.96. The first-order valence-electron chi connectivity index (χ1n) is 8.44. The summed E-state index contributed by atoms with van der Waals surface area (Å²) in [5.74, 6) is 1.70. The molecule has 2 aromatic carbocycles. The summed E-state index contributed by atoms with van der Waals surface area (Å²) in [6.45, 7) is 0.803. The average Bonchev–Trinajstić information content (AvgIpc) is 3.18. The molecule has 0 fully saturated rings. The van der Waals surface area contributed by atoms with E-state index >= 15 is 0 Å². The Kier molecular flexibility index (Phi) is 4.50. The Morgan fingerprint density at radius 2 is 1.96 bits per heavy atom. The van der Waals surface area contributed by atoms with Gasteiger partial charge in [-0.05, 0) is 41.5 Å². The van der Waals surface area contributed by atoms with Gasteiger partial charge < -0.3 is 19.5 Å². The zero-order valence-electron chi connectivity index (χ0n) is 14.4. The van der Waals surface area contributed by atoms with Gasteiger partial charge in [-0.25, -0.2) is 0 Å². The maximum Gasteiger partial charge on any atom is 0.262 e. The molecule has 6 nitrogen and oxygen atoms in total. The molecule has 134 valence electrons. The van der Waals surface area contributed by atoms with Crippen molar-refractivity contribution in [3.63, 3.8) is 0 Å². The highest BCUT2D eigenvalue weighted by atomic mass is 16.7. The highest BCUT2D eigenvalue weighted by Gasteiger charge is 2.15. The fourth-order valence-electron chi connectivity index (χ4n) is 2.88. The maximum atomic E-state index is 12.4. The van der Waals surface area contributed by atoms with Crippen LogP contribution in [0, 0.1) is 11.3 Å². The van der Waals surface area contributed by atoms with Gasteiger partial charge in [0.2, 0.25) is 6.79 Å². The van der Waals surface area contributed by atoms with E-state index in [1.807, 2.05) is 48.5 Å². The lowest BCUT2D eigenvalue weighted by Crippen LogP contribution is -2.24. The van der Waals surface area contributed by atoms with Gasteiger partial charge in [0.1, 0.15) is 24.0 Å². The Balaban J connectivity index is 1.45. The second-order valence-corrected chi connectivity index (χ2v) is 6.09. The molecule has 6 heteroatoms. The van der Waals surface area contributed by atoms with Crippen molar-refractivity contribution in [2.75, 3.05) is 13.4 Å². The summed E-state index contributed by atoms with van der Waals surface area (Å²) in [6.07, 6.45) is 3.48. The topological polar surface area (TPSA) is 80.6 Å². The molecule has 27 heavy (non-hydrogen) atoms. The fourth-order valence-corrected chi connectivity index (χ4v) is 2.88. The number of hydrogen-bond acceptors (Lipinski definition) is 5. The van der Waals surface area contributed by atoms with Crippen molar-refractivity contribution < 1.29 is 19.0 Å². The van der Waals surface area contributed by atoms with Gasteiger partial charge in [-0.15, -0.1) is 0 Å². The van der Waals surface area contributed by atoms with Crippen molar-refractivity contribution >= 4 is 12.0 Å². The van der Waals surface area contributed by atoms with E-state index in [0.29, 0.717) is 18.1 Å². The second kappa shape index (κ2) is 7.26. The van der Waals surface area contributed by atoms with Crippen LogP contribution in [-0.2, 0) is 11.3 Å². The molecule has 0 bridgehead atoms. The van der Waals surface area contributed by atoms with Crippen LogP contribution in [-0.4, -0.2) is 19.3 Å². The number of amides is 1. The predicted molar refractivity (Wildman–Crippen MR) is 98.0 cm³/mol.